The molecule has 0 radical (unpaired) electrons. The van der Waals surface area contributed by atoms with Gasteiger partial charge in [-0.1, -0.05) is 41.3 Å². The van der Waals surface area contributed by atoms with E-state index in [1.54, 1.807) is 0 Å². The maximum Gasteiger partial charge on any atom is 0.0423 e. The minimum absolute atomic E-state index is 0.684. The Bertz CT molecular complexity index is 470. The lowest BCUT2D eigenvalue weighted by atomic mass is 9.68. The second-order valence-corrected chi connectivity index (χ2v) is 7.77. The number of rotatable bonds is 3. The first-order chi connectivity index (χ1) is 10.2. The van der Waals surface area contributed by atoms with Crippen LogP contribution in [0.15, 0.2) is 22.7 Å². The predicted molar refractivity (Wildman–Crippen MR) is 93.9 cm³/mol. The van der Waals surface area contributed by atoms with Crippen LogP contribution in [0, 0.1) is 5.41 Å². The standard InChI is InChI=1S/C18H27BrN2/c1-20-14-15-5-6-16(19)13-17(15)21-11-9-18(10-12-21)7-3-2-4-8-18/h5-6,13,20H,2-4,7-12,14H2,1H3. The van der Waals surface area contributed by atoms with Gasteiger partial charge in [-0.05, 0) is 55.8 Å². The van der Waals surface area contributed by atoms with E-state index in [2.05, 4.69) is 44.3 Å². The highest BCUT2D eigenvalue weighted by molar-refractivity contribution is 9.10. The van der Waals surface area contributed by atoms with Crippen LogP contribution >= 0.6 is 15.9 Å². The van der Waals surface area contributed by atoms with Gasteiger partial charge in [0.2, 0.25) is 0 Å². The van der Waals surface area contributed by atoms with Crippen LogP contribution in [0.4, 0.5) is 5.69 Å². The molecule has 1 aromatic rings. The van der Waals surface area contributed by atoms with Gasteiger partial charge in [-0.15, -0.1) is 0 Å². The Labute approximate surface area is 137 Å². The molecule has 116 valence electrons. The molecule has 1 aliphatic carbocycles. The lowest BCUT2D eigenvalue weighted by molar-refractivity contribution is 0.144. The van der Waals surface area contributed by atoms with E-state index in [4.69, 9.17) is 0 Å². The minimum atomic E-state index is 0.684. The van der Waals surface area contributed by atoms with E-state index in [0.29, 0.717) is 5.41 Å². The fraction of sp³-hybridized carbons (Fsp3) is 0.667. The van der Waals surface area contributed by atoms with Crippen LogP contribution in [-0.4, -0.2) is 20.1 Å². The third kappa shape index (κ3) is 3.45. The molecular formula is C18H27BrN2. The third-order valence-corrected chi connectivity index (χ3v) is 5.99. The van der Waals surface area contributed by atoms with E-state index in [-0.39, 0.29) is 0 Å². The van der Waals surface area contributed by atoms with Gasteiger partial charge in [-0.2, -0.15) is 0 Å². The Hall–Kier alpha value is -0.540. The molecule has 3 rings (SSSR count). The second-order valence-electron chi connectivity index (χ2n) is 6.85. The molecule has 1 aliphatic heterocycles. The van der Waals surface area contributed by atoms with E-state index in [9.17, 15) is 0 Å². The molecule has 1 aromatic carbocycles. The van der Waals surface area contributed by atoms with Crippen LogP contribution in [0.25, 0.3) is 0 Å². The summed E-state index contributed by atoms with van der Waals surface area (Å²) >= 11 is 3.64. The summed E-state index contributed by atoms with van der Waals surface area (Å²) < 4.78 is 1.19. The highest BCUT2D eigenvalue weighted by atomic mass is 79.9. The van der Waals surface area contributed by atoms with Crippen molar-refractivity contribution in [2.45, 2.75) is 51.5 Å². The molecule has 0 unspecified atom stereocenters. The summed E-state index contributed by atoms with van der Waals surface area (Å²) in [5.41, 5.74) is 3.52. The topological polar surface area (TPSA) is 15.3 Å². The fourth-order valence-electron chi connectivity index (χ4n) is 4.20. The summed E-state index contributed by atoms with van der Waals surface area (Å²) in [6, 6.07) is 6.70. The molecular weight excluding hydrogens is 324 g/mol. The van der Waals surface area contributed by atoms with Crippen molar-refractivity contribution in [1.29, 1.82) is 0 Å². The number of hydrogen-bond donors (Lipinski definition) is 1. The van der Waals surface area contributed by atoms with Crippen LogP contribution in [-0.2, 0) is 6.54 Å². The first kappa shape index (κ1) is 15.4. The average molecular weight is 351 g/mol. The number of halogens is 1. The van der Waals surface area contributed by atoms with Crippen LogP contribution in [0.3, 0.4) is 0 Å². The second kappa shape index (κ2) is 6.70. The monoisotopic (exact) mass is 350 g/mol. The number of hydrogen-bond acceptors (Lipinski definition) is 2. The summed E-state index contributed by atoms with van der Waals surface area (Å²) in [4.78, 5) is 2.61. The Morgan fingerprint density at radius 2 is 1.81 bits per heavy atom. The lowest BCUT2D eigenvalue weighted by Crippen LogP contribution is -2.41. The van der Waals surface area contributed by atoms with E-state index in [0.717, 1.165) is 6.54 Å². The number of nitrogens with zero attached hydrogens (tertiary/aromatic N) is 1. The molecule has 3 heteroatoms. The summed E-state index contributed by atoms with van der Waals surface area (Å²) in [6.45, 7) is 3.41. The minimum Gasteiger partial charge on any atom is -0.371 e. The van der Waals surface area contributed by atoms with Gasteiger partial charge in [-0.25, -0.2) is 0 Å². The normalized spacial score (nSPS) is 21.7. The van der Waals surface area contributed by atoms with Crippen molar-refractivity contribution in [3.63, 3.8) is 0 Å². The van der Waals surface area contributed by atoms with Crippen LogP contribution in [0.1, 0.15) is 50.5 Å². The van der Waals surface area contributed by atoms with Crippen molar-refractivity contribution in [2.75, 3.05) is 25.0 Å². The first-order valence-electron chi connectivity index (χ1n) is 8.40. The zero-order chi connectivity index (χ0) is 14.7. The average Bonchev–Trinajstić information content (AvgIpc) is 2.51. The van der Waals surface area contributed by atoms with Gasteiger partial charge in [0, 0.05) is 29.8 Å². The van der Waals surface area contributed by atoms with E-state index < -0.39 is 0 Å². The molecule has 0 aromatic heterocycles. The van der Waals surface area contributed by atoms with Gasteiger partial charge in [-0.3, -0.25) is 0 Å². The fourth-order valence-corrected chi connectivity index (χ4v) is 4.54. The molecule has 0 atom stereocenters. The van der Waals surface area contributed by atoms with Crippen molar-refractivity contribution in [3.8, 4) is 0 Å². The van der Waals surface area contributed by atoms with Crippen molar-refractivity contribution >= 4 is 21.6 Å². The molecule has 1 N–H and O–H groups in total. The zero-order valence-electron chi connectivity index (χ0n) is 13.1. The van der Waals surface area contributed by atoms with E-state index in [1.165, 1.54) is 73.8 Å². The highest BCUT2D eigenvalue weighted by Crippen LogP contribution is 2.45. The largest absolute Gasteiger partial charge is 0.371 e. The molecule has 1 heterocycles. The Morgan fingerprint density at radius 3 is 2.48 bits per heavy atom. The van der Waals surface area contributed by atoms with Crippen molar-refractivity contribution in [1.82, 2.24) is 5.32 Å². The number of anilines is 1. The molecule has 0 bridgehead atoms. The van der Waals surface area contributed by atoms with Gasteiger partial charge >= 0.3 is 0 Å². The molecule has 2 nitrogen and oxygen atoms in total. The van der Waals surface area contributed by atoms with Gasteiger partial charge in [0.25, 0.3) is 0 Å². The maximum atomic E-state index is 3.64. The molecule has 1 saturated heterocycles. The number of piperidine rings is 1. The summed E-state index contributed by atoms with van der Waals surface area (Å²) in [5.74, 6) is 0. The highest BCUT2D eigenvalue weighted by Gasteiger charge is 2.35. The summed E-state index contributed by atoms with van der Waals surface area (Å²) in [7, 11) is 2.03. The zero-order valence-corrected chi connectivity index (χ0v) is 14.7. The van der Waals surface area contributed by atoms with Gasteiger partial charge in [0.05, 0.1) is 0 Å². The van der Waals surface area contributed by atoms with Gasteiger partial charge in [0.1, 0.15) is 0 Å². The van der Waals surface area contributed by atoms with Gasteiger partial charge in [0.15, 0.2) is 0 Å². The molecule has 2 fully saturated rings. The smallest absolute Gasteiger partial charge is 0.0423 e. The molecule has 21 heavy (non-hydrogen) atoms. The maximum absolute atomic E-state index is 3.64. The van der Waals surface area contributed by atoms with E-state index in [1.807, 2.05) is 7.05 Å². The van der Waals surface area contributed by atoms with Crippen molar-refractivity contribution in [3.05, 3.63) is 28.2 Å². The van der Waals surface area contributed by atoms with Crippen molar-refractivity contribution < 1.29 is 0 Å². The number of nitrogens with one attached hydrogen (secondary N) is 1. The van der Waals surface area contributed by atoms with Gasteiger partial charge < -0.3 is 10.2 Å². The molecule has 2 aliphatic rings. The summed E-state index contributed by atoms with van der Waals surface area (Å²) in [5, 5.41) is 3.30. The first-order valence-corrected chi connectivity index (χ1v) is 9.20. The van der Waals surface area contributed by atoms with Crippen LogP contribution < -0.4 is 10.2 Å². The Balaban J connectivity index is 1.72. The summed E-state index contributed by atoms with van der Waals surface area (Å²) in [6.07, 6.45) is 10.1. The quantitative estimate of drug-likeness (QED) is 0.848. The SMILES string of the molecule is CNCc1ccc(Br)cc1N1CCC2(CCCCC2)CC1. The Kier molecular flexibility index (Phi) is 4.90. The van der Waals surface area contributed by atoms with Crippen molar-refractivity contribution in [2.24, 2.45) is 5.41 Å². The predicted octanol–water partition coefficient (Wildman–Crippen LogP) is 4.72. The molecule has 0 amide bonds. The Morgan fingerprint density at radius 1 is 1.10 bits per heavy atom. The van der Waals surface area contributed by atoms with Crippen LogP contribution in [0.5, 0.6) is 0 Å². The third-order valence-electron chi connectivity index (χ3n) is 5.49. The van der Waals surface area contributed by atoms with E-state index >= 15 is 0 Å². The molecule has 1 saturated carbocycles. The molecule has 1 spiro atoms. The lowest BCUT2D eigenvalue weighted by Gasteiger charge is -2.45. The van der Waals surface area contributed by atoms with Crippen LogP contribution in [0.2, 0.25) is 0 Å². The number of benzene rings is 1.